The minimum atomic E-state index is -3.24. The summed E-state index contributed by atoms with van der Waals surface area (Å²) in [5.41, 5.74) is 0. The van der Waals surface area contributed by atoms with Gasteiger partial charge in [0.05, 0.1) is 11.8 Å². The van der Waals surface area contributed by atoms with Gasteiger partial charge in [-0.05, 0) is 12.5 Å². The first-order chi connectivity index (χ1) is 8.34. The molecule has 1 aliphatic heterocycles. The number of carboxylic acids is 1. The van der Waals surface area contributed by atoms with Crippen LogP contribution in [0.25, 0.3) is 0 Å². The maximum Gasteiger partial charge on any atom is 0.326 e. The Hall–Kier alpha value is -1.57. The van der Waals surface area contributed by atoms with E-state index in [1.165, 1.54) is 6.08 Å². The second kappa shape index (κ2) is 5.85. The van der Waals surface area contributed by atoms with Crippen molar-refractivity contribution in [1.29, 1.82) is 0 Å². The first kappa shape index (κ1) is 14.5. The lowest BCUT2D eigenvalue weighted by Crippen LogP contribution is -2.49. The summed E-state index contributed by atoms with van der Waals surface area (Å²) in [5.74, 6) is -1.30. The Bertz CT molecular complexity index is 457. The molecule has 18 heavy (non-hydrogen) atoms. The van der Waals surface area contributed by atoms with Crippen LogP contribution in [-0.2, 0) is 14.6 Å². The maximum absolute atomic E-state index is 11.5. The van der Waals surface area contributed by atoms with Crippen LogP contribution in [0.2, 0.25) is 0 Å². The second-order valence-electron chi connectivity index (χ2n) is 4.06. The molecule has 3 N–H and O–H groups in total. The molecule has 1 heterocycles. The smallest absolute Gasteiger partial charge is 0.326 e. The summed E-state index contributed by atoms with van der Waals surface area (Å²) in [6, 6.07) is -2.24. The molecule has 2 atom stereocenters. The Balaban J connectivity index is 2.47. The van der Waals surface area contributed by atoms with Gasteiger partial charge in [-0.2, -0.15) is 0 Å². The van der Waals surface area contributed by atoms with Gasteiger partial charge < -0.3 is 15.7 Å². The zero-order valence-electron chi connectivity index (χ0n) is 9.92. The molecule has 8 heteroatoms. The third-order valence-corrected chi connectivity index (χ3v) is 3.82. The van der Waals surface area contributed by atoms with Crippen molar-refractivity contribution in [3.63, 3.8) is 0 Å². The average molecular weight is 276 g/mol. The van der Waals surface area contributed by atoms with Gasteiger partial charge >= 0.3 is 12.0 Å². The number of urea groups is 1. The van der Waals surface area contributed by atoms with E-state index in [1.54, 1.807) is 0 Å². The SMILES string of the molecule is CCCC(NC(=O)NC1C=CS(=O)(=O)C1)C(=O)O. The summed E-state index contributed by atoms with van der Waals surface area (Å²) >= 11 is 0. The number of carbonyl (C=O) groups is 2. The summed E-state index contributed by atoms with van der Waals surface area (Å²) in [7, 11) is -3.24. The minimum absolute atomic E-state index is 0.189. The average Bonchev–Trinajstić information content (AvgIpc) is 2.57. The number of hydrogen-bond acceptors (Lipinski definition) is 4. The monoisotopic (exact) mass is 276 g/mol. The number of carboxylic acid groups (broad SMARTS) is 1. The fraction of sp³-hybridized carbons (Fsp3) is 0.600. The van der Waals surface area contributed by atoms with Crippen molar-refractivity contribution < 1.29 is 23.1 Å². The van der Waals surface area contributed by atoms with Gasteiger partial charge in [0.2, 0.25) is 0 Å². The Morgan fingerprint density at radius 1 is 1.50 bits per heavy atom. The molecular weight excluding hydrogens is 260 g/mol. The van der Waals surface area contributed by atoms with Gasteiger partial charge in [-0.1, -0.05) is 13.3 Å². The van der Waals surface area contributed by atoms with Gasteiger partial charge in [-0.25, -0.2) is 18.0 Å². The van der Waals surface area contributed by atoms with E-state index in [9.17, 15) is 18.0 Å². The molecule has 0 radical (unpaired) electrons. The molecule has 0 aliphatic carbocycles. The van der Waals surface area contributed by atoms with Crippen LogP contribution in [0.5, 0.6) is 0 Å². The molecule has 0 fully saturated rings. The predicted octanol–water partition coefficient (Wildman–Crippen LogP) is -0.150. The largest absolute Gasteiger partial charge is 0.480 e. The summed E-state index contributed by atoms with van der Waals surface area (Å²) in [6.45, 7) is 1.81. The van der Waals surface area contributed by atoms with Crippen molar-refractivity contribution in [2.24, 2.45) is 0 Å². The molecule has 102 valence electrons. The van der Waals surface area contributed by atoms with E-state index in [1.807, 2.05) is 6.92 Å². The van der Waals surface area contributed by atoms with Gasteiger partial charge in [0.15, 0.2) is 9.84 Å². The summed E-state index contributed by atoms with van der Waals surface area (Å²) in [4.78, 5) is 22.3. The van der Waals surface area contributed by atoms with Crippen LogP contribution in [0.1, 0.15) is 19.8 Å². The predicted molar refractivity (Wildman–Crippen MR) is 64.7 cm³/mol. The summed E-state index contributed by atoms with van der Waals surface area (Å²) < 4.78 is 22.2. The number of amides is 2. The Morgan fingerprint density at radius 3 is 2.61 bits per heavy atom. The molecular formula is C10H16N2O5S. The van der Waals surface area contributed by atoms with Crippen molar-refractivity contribution in [3.05, 3.63) is 11.5 Å². The number of hydrogen-bond donors (Lipinski definition) is 3. The number of nitrogens with one attached hydrogen (secondary N) is 2. The van der Waals surface area contributed by atoms with E-state index in [-0.39, 0.29) is 5.75 Å². The summed E-state index contributed by atoms with van der Waals surface area (Å²) in [6.07, 6.45) is 2.31. The highest BCUT2D eigenvalue weighted by atomic mass is 32.2. The van der Waals surface area contributed by atoms with Crippen LogP contribution in [0.3, 0.4) is 0 Å². The highest BCUT2D eigenvalue weighted by Gasteiger charge is 2.25. The van der Waals surface area contributed by atoms with E-state index in [0.717, 1.165) is 5.41 Å². The number of aliphatic carboxylic acids is 1. The Kier molecular flexibility index (Phi) is 4.71. The highest BCUT2D eigenvalue weighted by Crippen LogP contribution is 2.07. The van der Waals surface area contributed by atoms with Crippen LogP contribution in [0, 0.1) is 0 Å². The van der Waals surface area contributed by atoms with E-state index in [2.05, 4.69) is 10.6 Å². The van der Waals surface area contributed by atoms with Crippen molar-refractivity contribution in [2.45, 2.75) is 31.8 Å². The third-order valence-electron chi connectivity index (χ3n) is 2.43. The molecule has 0 aromatic heterocycles. The molecule has 0 spiro atoms. The normalized spacial score (nSPS) is 22.4. The fourth-order valence-electron chi connectivity index (χ4n) is 1.58. The molecule has 1 aliphatic rings. The Morgan fingerprint density at radius 2 is 2.17 bits per heavy atom. The standard InChI is InChI=1S/C10H16N2O5S/c1-2-3-8(9(13)14)12-10(15)11-7-4-5-18(16,17)6-7/h4-5,7-8H,2-3,6H2,1H3,(H,13,14)(H2,11,12,15). The van der Waals surface area contributed by atoms with Gasteiger partial charge in [0.1, 0.15) is 6.04 Å². The molecule has 0 saturated heterocycles. The quantitative estimate of drug-likeness (QED) is 0.646. The van der Waals surface area contributed by atoms with Crippen molar-refractivity contribution in [1.82, 2.24) is 10.6 Å². The number of carbonyl (C=O) groups excluding carboxylic acids is 1. The van der Waals surface area contributed by atoms with E-state index >= 15 is 0 Å². The molecule has 2 amide bonds. The highest BCUT2D eigenvalue weighted by molar-refractivity contribution is 7.94. The topological polar surface area (TPSA) is 113 Å². The fourth-order valence-corrected chi connectivity index (χ4v) is 2.82. The van der Waals surface area contributed by atoms with Crippen molar-refractivity contribution in [2.75, 3.05) is 5.75 Å². The van der Waals surface area contributed by atoms with Crippen LogP contribution in [0.15, 0.2) is 11.5 Å². The first-order valence-corrected chi connectivity index (χ1v) is 7.26. The van der Waals surface area contributed by atoms with Crippen molar-refractivity contribution in [3.8, 4) is 0 Å². The van der Waals surface area contributed by atoms with Crippen LogP contribution in [-0.4, -0.2) is 43.4 Å². The summed E-state index contributed by atoms with van der Waals surface area (Å²) in [5, 5.41) is 14.6. The molecule has 0 saturated carbocycles. The Labute approximate surface area is 105 Å². The molecule has 0 bridgehead atoms. The zero-order valence-corrected chi connectivity index (χ0v) is 10.7. The number of sulfone groups is 1. The van der Waals surface area contributed by atoms with Crippen LogP contribution >= 0.6 is 0 Å². The van der Waals surface area contributed by atoms with Gasteiger partial charge in [0.25, 0.3) is 0 Å². The minimum Gasteiger partial charge on any atom is -0.480 e. The van der Waals surface area contributed by atoms with Gasteiger partial charge in [-0.15, -0.1) is 0 Å². The second-order valence-corrected chi connectivity index (χ2v) is 5.99. The van der Waals surface area contributed by atoms with E-state index < -0.39 is 33.9 Å². The van der Waals surface area contributed by atoms with Gasteiger partial charge in [0, 0.05) is 5.41 Å². The van der Waals surface area contributed by atoms with Crippen LogP contribution in [0.4, 0.5) is 4.79 Å². The lowest BCUT2D eigenvalue weighted by atomic mass is 10.2. The molecule has 2 unspecified atom stereocenters. The van der Waals surface area contributed by atoms with E-state index in [4.69, 9.17) is 5.11 Å². The lowest BCUT2D eigenvalue weighted by Gasteiger charge is -2.16. The maximum atomic E-state index is 11.5. The first-order valence-electron chi connectivity index (χ1n) is 5.55. The molecule has 1 rings (SSSR count). The van der Waals surface area contributed by atoms with Gasteiger partial charge in [-0.3, -0.25) is 0 Å². The van der Waals surface area contributed by atoms with Crippen molar-refractivity contribution >= 4 is 21.8 Å². The lowest BCUT2D eigenvalue weighted by molar-refractivity contribution is -0.139. The zero-order chi connectivity index (χ0) is 13.8. The number of rotatable bonds is 5. The molecule has 0 aromatic carbocycles. The molecule has 7 nitrogen and oxygen atoms in total. The van der Waals surface area contributed by atoms with Crippen LogP contribution < -0.4 is 10.6 Å². The molecule has 0 aromatic rings. The third kappa shape index (κ3) is 4.36. The van der Waals surface area contributed by atoms with E-state index in [0.29, 0.717) is 12.8 Å².